The third kappa shape index (κ3) is 6.62. The molecule has 0 aromatic heterocycles. The van der Waals surface area contributed by atoms with Crippen LogP contribution in [0.4, 0.5) is 0 Å². The van der Waals surface area contributed by atoms with Crippen molar-refractivity contribution >= 4 is 39.4 Å². The van der Waals surface area contributed by atoms with Crippen LogP contribution in [0.2, 0.25) is 0 Å². The number of hydrogen-bond acceptors (Lipinski definition) is 6. The normalized spacial score (nSPS) is 11.1. The van der Waals surface area contributed by atoms with E-state index in [2.05, 4.69) is 49.6 Å². The minimum atomic E-state index is -4.37. The van der Waals surface area contributed by atoms with Crippen molar-refractivity contribution in [2.45, 2.75) is 4.90 Å². The second-order valence-corrected chi connectivity index (χ2v) is 13.2. The van der Waals surface area contributed by atoms with Gasteiger partial charge in [-0.2, -0.15) is 0 Å². The second-order valence-electron chi connectivity index (χ2n) is 8.30. The Bertz CT molecular complexity index is 1330. The van der Waals surface area contributed by atoms with E-state index in [1.165, 1.54) is 40.2 Å². The van der Waals surface area contributed by atoms with Gasteiger partial charge >= 0.3 is 0 Å². The van der Waals surface area contributed by atoms with Gasteiger partial charge in [0.25, 0.3) is 0 Å². The number of hydrogen-bond donors (Lipinski definition) is 0. The molecule has 0 saturated carbocycles. The van der Waals surface area contributed by atoms with E-state index in [0.717, 1.165) is 17.2 Å². The summed E-state index contributed by atoms with van der Waals surface area (Å²) in [4.78, 5) is -0.222. The van der Waals surface area contributed by atoms with Gasteiger partial charge in [-0.1, -0.05) is 30.9 Å². The zero-order chi connectivity index (χ0) is 27.8. The van der Waals surface area contributed by atoms with Crippen molar-refractivity contribution in [1.29, 1.82) is 0 Å². The predicted molar refractivity (Wildman–Crippen MR) is 155 cm³/mol. The molecule has 0 atom stereocenters. The number of ether oxygens (including phenoxy) is 3. The highest BCUT2D eigenvalue weighted by atomic mass is 32.2. The maximum Gasteiger partial charge on any atom is 0.125 e. The molecule has 4 aromatic rings. The summed E-state index contributed by atoms with van der Waals surface area (Å²) < 4.78 is 47.8. The molecule has 0 unspecified atom stereocenters. The Hall–Kier alpha value is -3.64. The van der Waals surface area contributed by atoms with Crippen LogP contribution in [0.1, 0.15) is 5.56 Å². The zero-order valence-electron chi connectivity index (χ0n) is 21.8. The summed E-state index contributed by atoms with van der Waals surface area (Å²) in [5.41, 5.74) is 0.340. The Morgan fingerprint density at radius 3 is 1.26 bits per heavy atom. The molecule has 0 aliphatic rings. The van der Waals surface area contributed by atoms with Crippen molar-refractivity contribution in [1.82, 2.24) is 0 Å². The predicted octanol–water partition coefficient (Wildman–Crippen LogP) is 4.87. The Kier molecular flexibility index (Phi) is 9.70. The molecule has 4 aromatic carbocycles. The van der Waals surface area contributed by atoms with Gasteiger partial charge < -0.3 is 18.8 Å². The quantitative estimate of drug-likeness (QED) is 0.230. The van der Waals surface area contributed by atoms with Crippen LogP contribution in [-0.4, -0.2) is 41.0 Å². The van der Waals surface area contributed by atoms with E-state index >= 15 is 0 Å². The molecular weight excluding hydrogens is 519 g/mol. The first kappa shape index (κ1) is 28.9. The Labute approximate surface area is 225 Å². The smallest absolute Gasteiger partial charge is 0.125 e. The van der Waals surface area contributed by atoms with Crippen molar-refractivity contribution in [3.63, 3.8) is 0 Å². The molecule has 0 spiro atoms. The van der Waals surface area contributed by atoms with Crippen LogP contribution in [0.5, 0.6) is 17.2 Å². The van der Waals surface area contributed by atoms with Crippen LogP contribution < -0.4 is 30.1 Å². The largest absolute Gasteiger partial charge is 0.744 e. The van der Waals surface area contributed by atoms with E-state index in [1.54, 1.807) is 27.4 Å². The van der Waals surface area contributed by atoms with Crippen LogP contribution >= 0.6 is 7.26 Å². The highest BCUT2D eigenvalue weighted by Gasteiger charge is 2.40. The second kappa shape index (κ2) is 12.7. The molecule has 0 N–H and O–H groups in total. The number of methoxy groups -OCH3 is 3. The van der Waals surface area contributed by atoms with E-state index in [4.69, 9.17) is 14.2 Å². The van der Waals surface area contributed by atoms with Gasteiger partial charge in [0.05, 0.1) is 32.9 Å². The summed E-state index contributed by atoms with van der Waals surface area (Å²) in [6.07, 6.45) is 1.34. The SMILES string of the molecule is C=Cc1ccccc1S(=O)(=O)[O-].COc1ccc([P+](C)(c2ccc(OC)cc2)c2ccc(OC)cc2)cc1. The first-order chi connectivity index (χ1) is 18.2. The highest BCUT2D eigenvalue weighted by Crippen LogP contribution is 2.52. The highest BCUT2D eigenvalue weighted by molar-refractivity contribution is 7.95. The van der Waals surface area contributed by atoms with Gasteiger partial charge in [0.2, 0.25) is 0 Å². The third-order valence-corrected chi connectivity index (χ3v) is 11.1. The lowest BCUT2D eigenvalue weighted by Crippen LogP contribution is -2.30. The van der Waals surface area contributed by atoms with Crippen LogP contribution in [0.25, 0.3) is 6.08 Å². The van der Waals surface area contributed by atoms with Gasteiger partial charge in [-0.05, 0) is 84.4 Å². The van der Waals surface area contributed by atoms with E-state index in [-0.39, 0.29) is 4.90 Å². The molecule has 0 bridgehead atoms. The third-order valence-electron chi connectivity index (χ3n) is 6.17. The maximum absolute atomic E-state index is 10.6. The Balaban J connectivity index is 0.000000279. The maximum atomic E-state index is 10.6. The number of benzene rings is 4. The molecule has 6 nitrogen and oxygen atoms in total. The fraction of sp³-hybridized carbons (Fsp3) is 0.133. The fourth-order valence-corrected chi connectivity index (χ4v) is 7.78. The molecule has 198 valence electrons. The summed E-state index contributed by atoms with van der Waals surface area (Å²) in [6, 6.07) is 31.1. The average Bonchev–Trinajstić information content (AvgIpc) is 2.96. The van der Waals surface area contributed by atoms with E-state index in [0.29, 0.717) is 5.56 Å². The van der Waals surface area contributed by atoms with Gasteiger partial charge in [-0.3, -0.25) is 0 Å². The molecule has 0 aliphatic heterocycles. The lowest BCUT2D eigenvalue weighted by Gasteiger charge is -2.23. The molecule has 0 heterocycles. The van der Waals surface area contributed by atoms with E-state index < -0.39 is 17.4 Å². The van der Waals surface area contributed by atoms with Crippen molar-refractivity contribution < 1.29 is 27.2 Å². The molecular formula is C30H31O6PS. The summed E-state index contributed by atoms with van der Waals surface area (Å²) in [7, 11) is -1.08. The Morgan fingerprint density at radius 1 is 0.658 bits per heavy atom. The van der Waals surface area contributed by atoms with Crippen molar-refractivity contribution in [3.8, 4) is 17.2 Å². The molecule has 0 fully saturated rings. The van der Waals surface area contributed by atoms with Crippen LogP contribution in [0, 0.1) is 0 Å². The van der Waals surface area contributed by atoms with Gasteiger partial charge in [0.15, 0.2) is 0 Å². The van der Waals surface area contributed by atoms with Crippen molar-refractivity contribution in [3.05, 3.63) is 109 Å². The van der Waals surface area contributed by atoms with Crippen molar-refractivity contribution in [2.75, 3.05) is 28.0 Å². The van der Waals surface area contributed by atoms with Gasteiger partial charge in [0.1, 0.15) is 50.5 Å². The zero-order valence-corrected chi connectivity index (χ0v) is 23.5. The molecule has 4 rings (SSSR count). The Morgan fingerprint density at radius 2 is 1.00 bits per heavy atom. The fourth-order valence-electron chi connectivity index (χ4n) is 3.97. The van der Waals surface area contributed by atoms with Crippen LogP contribution in [0.15, 0.2) is 109 Å². The van der Waals surface area contributed by atoms with Gasteiger partial charge in [0, 0.05) is 0 Å². The molecule has 0 aliphatic carbocycles. The minimum Gasteiger partial charge on any atom is -0.744 e. The van der Waals surface area contributed by atoms with Crippen LogP contribution in [0.3, 0.4) is 0 Å². The number of rotatable bonds is 8. The molecule has 38 heavy (non-hydrogen) atoms. The van der Waals surface area contributed by atoms with E-state index in [1.807, 2.05) is 36.4 Å². The standard InChI is InChI=1S/C22H24O3P.C8H8O3S/c1-23-17-5-11-20(12-6-17)26(4,21-13-7-18(24-2)8-14-21)22-15-9-19(25-3)10-16-22;1-2-7-5-3-4-6-8(7)12(9,10)11/h5-16H,1-4H3;2-6H,1H2,(H,9,10,11)/q+1;/p-1. The van der Waals surface area contributed by atoms with Gasteiger partial charge in [-0.25, -0.2) is 8.42 Å². The first-order valence-corrected chi connectivity index (χ1v) is 15.3. The van der Waals surface area contributed by atoms with Crippen LogP contribution in [-0.2, 0) is 10.1 Å². The summed E-state index contributed by atoms with van der Waals surface area (Å²) in [6.45, 7) is 5.75. The van der Waals surface area contributed by atoms with Gasteiger partial charge in [-0.15, -0.1) is 0 Å². The molecule has 0 radical (unpaired) electrons. The molecule has 0 amide bonds. The van der Waals surface area contributed by atoms with Crippen molar-refractivity contribution in [2.24, 2.45) is 0 Å². The summed E-state index contributed by atoms with van der Waals surface area (Å²) in [5.74, 6) is 2.60. The molecule has 8 heteroatoms. The minimum absolute atomic E-state index is 0.222. The first-order valence-electron chi connectivity index (χ1n) is 11.6. The summed E-state index contributed by atoms with van der Waals surface area (Å²) >= 11 is 0. The summed E-state index contributed by atoms with van der Waals surface area (Å²) in [5, 5.41) is 3.90. The lowest BCUT2D eigenvalue weighted by molar-refractivity contribution is 0.415. The topological polar surface area (TPSA) is 84.9 Å². The average molecular weight is 551 g/mol. The van der Waals surface area contributed by atoms with E-state index in [9.17, 15) is 13.0 Å². The molecule has 0 saturated heterocycles. The monoisotopic (exact) mass is 550 g/mol. The lowest BCUT2D eigenvalue weighted by atomic mass is 10.2.